The Hall–Kier alpha value is -0.160. The molecule has 0 unspecified atom stereocenters. The summed E-state index contributed by atoms with van der Waals surface area (Å²) in [4.78, 5) is 2.53. The van der Waals surface area contributed by atoms with E-state index in [1.807, 2.05) is 0 Å². The maximum atomic E-state index is 9.01. The monoisotopic (exact) mass is 273 g/mol. The summed E-state index contributed by atoms with van der Waals surface area (Å²) in [6.07, 6.45) is 2.28. The van der Waals surface area contributed by atoms with Gasteiger partial charge in [0.2, 0.25) is 0 Å². The predicted molar refractivity (Wildman–Crippen MR) is 77.1 cm³/mol. The lowest BCUT2D eigenvalue weighted by atomic mass is 9.54. The molecule has 0 aromatic heterocycles. The molecule has 4 heteroatoms. The molecule has 114 valence electrons. The van der Waals surface area contributed by atoms with E-state index in [9.17, 15) is 0 Å². The topological polar surface area (TPSA) is 52.9 Å². The number of aliphatic hydroxyl groups is 2. The van der Waals surface area contributed by atoms with Gasteiger partial charge in [0.15, 0.2) is 0 Å². The lowest BCUT2D eigenvalue weighted by Gasteiger charge is -2.54. The van der Waals surface area contributed by atoms with Crippen LogP contribution in [0.4, 0.5) is 0 Å². The first-order chi connectivity index (χ1) is 9.06. The molecule has 0 radical (unpaired) electrons. The third kappa shape index (κ3) is 4.71. The fraction of sp³-hybridized carbons (Fsp3) is 1.00. The summed E-state index contributed by atoms with van der Waals surface area (Å²) in [5, 5.41) is 16.6. The minimum atomic E-state index is 0.250. The van der Waals surface area contributed by atoms with Gasteiger partial charge in [-0.3, -0.25) is 4.90 Å². The molecular formula is C15H31NO3. The number of hydrogen-bond acceptors (Lipinski definition) is 4. The van der Waals surface area contributed by atoms with E-state index in [1.54, 1.807) is 6.92 Å². The molecule has 2 fully saturated rings. The van der Waals surface area contributed by atoms with Gasteiger partial charge < -0.3 is 14.9 Å². The minimum absolute atomic E-state index is 0.250. The Morgan fingerprint density at radius 1 is 1.16 bits per heavy atom. The van der Waals surface area contributed by atoms with Crippen molar-refractivity contribution in [3.63, 3.8) is 0 Å². The van der Waals surface area contributed by atoms with Crippen LogP contribution in [0, 0.1) is 17.3 Å². The third-order valence-corrected chi connectivity index (χ3v) is 4.73. The second kappa shape index (κ2) is 8.20. The van der Waals surface area contributed by atoms with E-state index >= 15 is 0 Å². The molecule has 0 bridgehead atoms. The average molecular weight is 273 g/mol. The summed E-state index contributed by atoms with van der Waals surface area (Å²) in [7, 11) is 0. The zero-order valence-corrected chi connectivity index (χ0v) is 12.8. The van der Waals surface area contributed by atoms with Crippen molar-refractivity contribution >= 4 is 0 Å². The highest BCUT2D eigenvalue weighted by Gasteiger charge is 2.47. The molecule has 1 aliphatic carbocycles. The molecule has 2 N–H and O–H groups in total. The van der Waals surface area contributed by atoms with Crippen LogP contribution in [0.3, 0.4) is 0 Å². The van der Waals surface area contributed by atoms with Crippen molar-refractivity contribution in [1.29, 1.82) is 0 Å². The molecule has 0 amide bonds. The van der Waals surface area contributed by atoms with Gasteiger partial charge >= 0.3 is 0 Å². The summed E-state index contributed by atoms with van der Waals surface area (Å²) < 4.78 is 5.37. The van der Waals surface area contributed by atoms with Gasteiger partial charge in [0, 0.05) is 32.8 Å². The van der Waals surface area contributed by atoms with E-state index in [4.69, 9.17) is 14.9 Å². The SMILES string of the molecule is CC1(C)[C@@H](CCO)C[C@H]1CN1CCOCC1.CCO. The molecule has 19 heavy (non-hydrogen) atoms. The normalized spacial score (nSPS) is 30.2. The van der Waals surface area contributed by atoms with Crippen LogP contribution in [0.1, 0.15) is 33.6 Å². The van der Waals surface area contributed by atoms with Crippen molar-refractivity contribution in [3.8, 4) is 0 Å². The van der Waals surface area contributed by atoms with Gasteiger partial charge in [-0.15, -0.1) is 0 Å². The first kappa shape index (κ1) is 16.9. The van der Waals surface area contributed by atoms with E-state index in [2.05, 4.69) is 18.7 Å². The van der Waals surface area contributed by atoms with Crippen LogP contribution in [-0.4, -0.2) is 61.2 Å². The van der Waals surface area contributed by atoms with Gasteiger partial charge in [-0.25, -0.2) is 0 Å². The largest absolute Gasteiger partial charge is 0.397 e. The van der Waals surface area contributed by atoms with Crippen LogP contribution in [0.15, 0.2) is 0 Å². The Labute approximate surface area is 117 Å². The van der Waals surface area contributed by atoms with Crippen molar-refractivity contribution in [1.82, 2.24) is 4.90 Å². The highest BCUT2D eigenvalue weighted by Crippen LogP contribution is 2.52. The number of nitrogens with zero attached hydrogens (tertiary/aromatic N) is 1. The number of aliphatic hydroxyl groups excluding tert-OH is 2. The van der Waals surface area contributed by atoms with Gasteiger partial charge in [-0.05, 0) is 37.0 Å². The Balaban J connectivity index is 0.000000550. The quantitative estimate of drug-likeness (QED) is 0.812. The molecule has 2 atom stereocenters. The summed E-state index contributed by atoms with van der Waals surface area (Å²) >= 11 is 0. The van der Waals surface area contributed by atoms with Crippen molar-refractivity contribution in [2.75, 3.05) is 46.1 Å². The van der Waals surface area contributed by atoms with Crippen LogP contribution in [-0.2, 0) is 4.74 Å². The highest BCUT2D eigenvalue weighted by atomic mass is 16.5. The smallest absolute Gasteiger partial charge is 0.0594 e. The zero-order valence-electron chi connectivity index (χ0n) is 12.8. The Bertz CT molecular complexity index is 240. The molecule has 0 aromatic rings. The van der Waals surface area contributed by atoms with E-state index < -0.39 is 0 Å². The Morgan fingerprint density at radius 3 is 2.21 bits per heavy atom. The predicted octanol–water partition coefficient (Wildman–Crippen LogP) is 1.36. The standard InChI is InChI=1S/C13H25NO2.C2H6O/c1-13(2)11(3-6-15)9-12(13)10-14-4-7-16-8-5-14;1-2-3/h11-12,15H,3-10H2,1-2H3;3H,2H2,1H3/t11-,12-;/m0./s1. The Morgan fingerprint density at radius 2 is 1.74 bits per heavy atom. The molecule has 4 nitrogen and oxygen atoms in total. The summed E-state index contributed by atoms with van der Waals surface area (Å²) in [5.74, 6) is 1.53. The van der Waals surface area contributed by atoms with Crippen LogP contribution < -0.4 is 0 Å². The fourth-order valence-corrected chi connectivity index (χ4v) is 3.17. The minimum Gasteiger partial charge on any atom is -0.397 e. The lowest BCUT2D eigenvalue weighted by molar-refractivity contribution is -0.0648. The average Bonchev–Trinajstić information content (AvgIpc) is 2.40. The zero-order chi connectivity index (χ0) is 14.3. The van der Waals surface area contributed by atoms with Crippen molar-refractivity contribution in [3.05, 3.63) is 0 Å². The third-order valence-electron chi connectivity index (χ3n) is 4.73. The summed E-state index contributed by atoms with van der Waals surface area (Å²) in [6, 6.07) is 0. The maximum Gasteiger partial charge on any atom is 0.0594 e. The summed E-state index contributed by atoms with van der Waals surface area (Å²) in [6.45, 7) is 12.2. The highest BCUT2D eigenvalue weighted by molar-refractivity contribution is 4.97. The van der Waals surface area contributed by atoms with E-state index in [0.717, 1.165) is 44.6 Å². The van der Waals surface area contributed by atoms with Gasteiger partial charge in [0.25, 0.3) is 0 Å². The molecular weight excluding hydrogens is 242 g/mol. The van der Waals surface area contributed by atoms with Crippen molar-refractivity contribution in [2.24, 2.45) is 17.3 Å². The molecule has 1 heterocycles. The van der Waals surface area contributed by atoms with Gasteiger partial charge in [0.1, 0.15) is 0 Å². The number of morpholine rings is 1. The van der Waals surface area contributed by atoms with Crippen molar-refractivity contribution < 1.29 is 14.9 Å². The van der Waals surface area contributed by atoms with Gasteiger partial charge in [-0.1, -0.05) is 13.8 Å². The van der Waals surface area contributed by atoms with E-state index in [0.29, 0.717) is 12.0 Å². The second-order valence-corrected chi connectivity index (χ2v) is 6.19. The molecule has 1 aliphatic heterocycles. The molecule has 1 saturated carbocycles. The number of rotatable bonds is 4. The van der Waals surface area contributed by atoms with Crippen LogP contribution >= 0.6 is 0 Å². The number of hydrogen-bond donors (Lipinski definition) is 2. The van der Waals surface area contributed by atoms with Crippen molar-refractivity contribution in [2.45, 2.75) is 33.6 Å². The fourth-order valence-electron chi connectivity index (χ4n) is 3.17. The maximum absolute atomic E-state index is 9.01. The molecule has 2 rings (SSSR count). The number of ether oxygens (including phenoxy) is 1. The second-order valence-electron chi connectivity index (χ2n) is 6.19. The lowest BCUT2D eigenvalue weighted by Crippen LogP contribution is -2.52. The molecule has 2 aliphatic rings. The van der Waals surface area contributed by atoms with Crippen LogP contribution in [0.2, 0.25) is 0 Å². The van der Waals surface area contributed by atoms with E-state index in [-0.39, 0.29) is 6.61 Å². The van der Waals surface area contributed by atoms with Crippen LogP contribution in [0.5, 0.6) is 0 Å². The van der Waals surface area contributed by atoms with Gasteiger partial charge in [-0.2, -0.15) is 0 Å². The van der Waals surface area contributed by atoms with Crippen LogP contribution in [0.25, 0.3) is 0 Å². The Kier molecular flexibility index (Phi) is 7.29. The molecule has 1 saturated heterocycles. The summed E-state index contributed by atoms with van der Waals surface area (Å²) in [5.41, 5.74) is 0.418. The molecule has 0 spiro atoms. The molecule has 0 aromatic carbocycles. The van der Waals surface area contributed by atoms with Gasteiger partial charge in [0.05, 0.1) is 13.2 Å². The first-order valence-corrected chi connectivity index (χ1v) is 7.58. The first-order valence-electron chi connectivity index (χ1n) is 7.58. The van der Waals surface area contributed by atoms with E-state index in [1.165, 1.54) is 13.0 Å².